The lowest BCUT2D eigenvalue weighted by Crippen LogP contribution is -2.23. The Kier molecular flexibility index (Phi) is 4.32. The molecule has 0 fully saturated rings. The summed E-state index contributed by atoms with van der Waals surface area (Å²) in [6.07, 6.45) is -0.933. The number of nitrogens with zero attached hydrogens (tertiary/aromatic N) is 2. The number of hydrogen-bond acceptors (Lipinski definition) is 2. The predicted octanol–water partition coefficient (Wildman–Crippen LogP) is 3.08. The Balaban J connectivity index is 2.39. The average Bonchev–Trinajstić information content (AvgIpc) is 2.80. The molecule has 0 aliphatic heterocycles. The zero-order chi connectivity index (χ0) is 15.6. The minimum Gasteiger partial charge on any atom is -0.313 e. The Labute approximate surface area is 119 Å². The molecule has 1 unspecified atom stereocenters. The maximum absolute atomic E-state index is 13.4. The highest BCUT2D eigenvalue weighted by molar-refractivity contribution is 5.34. The predicted molar refractivity (Wildman–Crippen MR) is 70.1 cm³/mol. The lowest BCUT2D eigenvalue weighted by atomic mass is 9.95. The van der Waals surface area contributed by atoms with Gasteiger partial charge in [0.1, 0.15) is 5.82 Å². The van der Waals surface area contributed by atoms with Gasteiger partial charge in [-0.05, 0) is 42.8 Å². The van der Waals surface area contributed by atoms with E-state index in [4.69, 9.17) is 0 Å². The van der Waals surface area contributed by atoms with Gasteiger partial charge in [-0.25, -0.2) is 4.39 Å². The first-order valence-corrected chi connectivity index (χ1v) is 6.32. The molecule has 1 aromatic carbocycles. The van der Waals surface area contributed by atoms with Gasteiger partial charge in [0, 0.05) is 19.3 Å². The SMILES string of the molecule is CNC(Cc1cnn(C)c1)c1cc(F)ccc1C(F)(F)F. The molecule has 1 N–H and O–H groups in total. The first-order valence-electron chi connectivity index (χ1n) is 6.32. The Bertz CT molecular complexity index is 619. The number of nitrogens with one attached hydrogen (secondary N) is 1. The Hall–Kier alpha value is -1.89. The summed E-state index contributed by atoms with van der Waals surface area (Å²) in [5.41, 5.74) is -0.157. The summed E-state index contributed by atoms with van der Waals surface area (Å²) in [5, 5.41) is 6.79. The number of aryl methyl sites for hydroxylation is 1. The van der Waals surface area contributed by atoms with Gasteiger partial charge in [-0.3, -0.25) is 4.68 Å². The fourth-order valence-electron chi connectivity index (χ4n) is 2.26. The summed E-state index contributed by atoms with van der Waals surface area (Å²) in [6, 6.07) is 1.88. The third-order valence-corrected chi connectivity index (χ3v) is 3.24. The molecule has 0 saturated carbocycles. The smallest absolute Gasteiger partial charge is 0.313 e. The van der Waals surface area contributed by atoms with Crippen molar-refractivity contribution < 1.29 is 17.6 Å². The van der Waals surface area contributed by atoms with Crippen LogP contribution in [-0.4, -0.2) is 16.8 Å². The molecule has 114 valence electrons. The number of benzene rings is 1. The molecular formula is C14H15F4N3. The third-order valence-electron chi connectivity index (χ3n) is 3.24. The highest BCUT2D eigenvalue weighted by Gasteiger charge is 2.35. The molecule has 0 saturated heterocycles. The maximum atomic E-state index is 13.4. The van der Waals surface area contributed by atoms with Gasteiger partial charge >= 0.3 is 6.18 Å². The first-order chi connectivity index (χ1) is 9.81. The quantitative estimate of drug-likeness (QED) is 0.880. The van der Waals surface area contributed by atoms with Gasteiger partial charge < -0.3 is 5.32 Å². The summed E-state index contributed by atoms with van der Waals surface area (Å²) < 4.78 is 54.1. The van der Waals surface area contributed by atoms with Crippen LogP contribution in [0, 0.1) is 5.82 Å². The van der Waals surface area contributed by atoms with E-state index in [1.54, 1.807) is 31.2 Å². The van der Waals surface area contributed by atoms with Crippen LogP contribution in [-0.2, 0) is 19.6 Å². The second-order valence-electron chi connectivity index (χ2n) is 4.80. The Morgan fingerprint density at radius 3 is 2.57 bits per heavy atom. The molecule has 0 spiro atoms. The van der Waals surface area contributed by atoms with Crippen molar-refractivity contribution in [3.63, 3.8) is 0 Å². The number of likely N-dealkylation sites (N-methyl/N-ethyl adjacent to an activating group) is 1. The van der Waals surface area contributed by atoms with Crippen molar-refractivity contribution in [1.29, 1.82) is 0 Å². The molecule has 0 aliphatic carbocycles. The number of halogens is 4. The van der Waals surface area contributed by atoms with Crippen LogP contribution in [0.15, 0.2) is 30.6 Å². The second-order valence-corrected chi connectivity index (χ2v) is 4.80. The zero-order valence-corrected chi connectivity index (χ0v) is 11.6. The van der Waals surface area contributed by atoms with Crippen LogP contribution in [0.4, 0.5) is 17.6 Å². The van der Waals surface area contributed by atoms with Gasteiger partial charge in [0.2, 0.25) is 0 Å². The van der Waals surface area contributed by atoms with Gasteiger partial charge in [-0.15, -0.1) is 0 Å². The van der Waals surface area contributed by atoms with Crippen LogP contribution in [0.3, 0.4) is 0 Å². The molecule has 2 rings (SSSR count). The van der Waals surface area contributed by atoms with Crippen molar-refractivity contribution in [3.8, 4) is 0 Å². The molecule has 21 heavy (non-hydrogen) atoms. The third kappa shape index (κ3) is 3.60. The molecule has 0 radical (unpaired) electrons. The topological polar surface area (TPSA) is 29.9 Å². The Morgan fingerprint density at radius 2 is 2.05 bits per heavy atom. The number of aromatic nitrogens is 2. The largest absolute Gasteiger partial charge is 0.416 e. The molecule has 1 aromatic heterocycles. The van der Waals surface area contributed by atoms with E-state index in [2.05, 4.69) is 10.4 Å². The highest BCUT2D eigenvalue weighted by atomic mass is 19.4. The van der Waals surface area contributed by atoms with E-state index in [0.29, 0.717) is 0 Å². The summed E-state index contributed by atoms with van der Waals surface area (Å²) in [4.78, 5) is 0. The molecule has 3 nitrogen and oxygen atoms in total. The van der Waals surface area contributed by atoms with E-state index in [-0.39, 0.29) is 12.0 Å². The van der Waals surface area contributed by atoms with Gasteiger partial charge in [0.05, 0.1) is 11.8 Å². The molecule has 1 heterocycles. The minimum absolute atomic E-state index is 0.103. The van der Waals surface area contributed by atoms with Crippen molar-refractivity contribution in [2.75, 3.05) is 7.05 Å². The molecule has 1 atom stereocenters. The molecule has 0 amide bonds. The van der Waals surface area contributed by atoms with Crippen molar-refractivity contribution in [3.05, 3.63) is 53.1 Å². The summed E-state index contributed by atoms with van der Waals surface area (Å²) in [5.74, 6) is -0.690. The molecule has 0 aliphatic rings. The molecular weight excluding hydrogens is 286 g/mol. The first kappa shape index (κ1) is 15.5. The minimum atomic E-state index is -4.52. The average molecular weight is 301 g/mol. The van der Waals surface area contributed by atoms with Gasteiger partial charge in [0.15, 0.2) is 0 Å². The van der Waals surface area contributed by atoms with Gasteiger partial charge in [-0.2, -0.15) is 18.3 Å². The van der Waals surface area contributed by atoms with Crippen LogP contribution < -0.4 is 5.32 Å². The molecule has 2 aromatic rings. The van der Waals surface area contributed by atoms with E-state index >= 15 is 0 Å². The van der Waals surface area contributed by atoms with Gasteiger partial charge in [-0.1, -0.05) is 0 Å². The summed E-state index contributed by atoms with van der Waals surface area (Å²) in [7, 11) is 3.27. The van der Waals surface area contributed by atoms with Crippen molar-refractivity contribution in [1.82, 2.24) is 15.1 Å². The monoisotopic (exact) mass is 301 g/mol. The van der Waals surface area contributed by atoms with Crippen LogP contribution in [0.5, 0.6) is 0 Å². The lowest BCUT2D eigenvalue weighted by molar-refractivity contribution is -0.138. The van der Waals surface area contributed by atoms with E-state index in [0.717, 1.165) is 23.8 Å². The van der Waals surface area contributed by atoms with E-state index in [1.165, 1.54) is 0 Å². The van der Waals surface area contributed by atoms with E-state index in [1.807, 2.05) is 0 Å². The molecule has 7 heteroatoms. The fourth-order valence-corrected chi connectivity index (χ4v) is 2.26. The lowest BCUT2D eigenvalue weighted by Gasteiger charge is -2.21. The van der Waals surface area contributed by atoms with E-state index in [9.17, 15) is 17.6 Å². The zero-order valence-electron chi connectivity index (χ0n) is 11.6. The number of rotatable bonds is 4. The van der Waals surface area contributed by atoms with E-state index < -0.39 is 23.6 Å². The Morgan fingerprint density at radius 1 is 1.33 bits per heavy atom. The molecule has 0 bridgehead atoms. The van der Waals surface area contributed by atoms with Gasteiger partial charge in [0.25, 0.3) is 0 Å². The van der Waals surface area contributed by atoms with Crippen molar-refractivity contribution in [2.45, 2.75) is 18.6 Å². The number of hydrogen-bond donors (Lipinski definition) is 1. The van der Waals surface area contributed by atoms with Crippen LogP contribution in [0.2, 0.25) is 0 Å². The highest BCUT2D eigenvalue weighted by Crippen LogP contribution is 2.35. The summed E-state index contributed by atoms with van der Waals surface area (Å²) in [6.45, 7) is 0. The second kappa shape index (κ2) is 5.85. The fraction of sp³-hybridized carbons (Fsp3) is 0.357. The van der Waals surface area contributed by atoms with Crippen molar-refractivity contribution >= 4 is 0 Å². The maximum Gasteiger partial charge on any atom is 0.416 e. The normalized spacial score (nSPS) is 13.4. The van der Waals surface area contributed by atoms with Crippen LogP contribution >= 0.6 is 0 Å². The van der Waals surface area contributed by atoms with Crippen LogP contribution in [0.25, 0.3) is 0 Å². The standard InChI is InChI=1S/C14H15F4N3/c1-19-13(5-9-7-20-21(2)8-9)11-6-10(15)3-4-12(11)14(16,17)18/h3-4,6-8,13,19H,5H2,1-2H3. The number of alkyl halides is 3. The summed E-state index contributed by atoms with van der Waals surface area (Å²) >= 11 is 0. The van der Waals surface area contributed by atoms with Crippen molar-refractivity contribution in [2.24, 2.45) is 7.05 Å². The van der Waals surface area contributed by atoms with Crippen LogP contribution in [0.1, 0.15) is 22.7 Å².